The predicted octanol–water partition coefficient (Wildman–Crippen LogP) is 2.31. The van der Waals surface area contributed by atoms with Crippen molar-refractivity contribution in [3.05, 3.63) is 30.0 Å². The molecule has 122 valence electrons. The van der Waals surface area contributed by atoms with E-state index in [-0.39, 0.29) is 25.1 Å². The van der Waals surface area contributed by atoms with Crippen LogP contribution in [0.2, 0.25) is 0 Å². The van der Waals surface area contributed by atoms with Crippen LogP contribution in [0.3, 0.4) is 0 Å². The van der Waals surface area contributed by atoms with Crippen molar-refractivity contribution >= 4 is 28.5 Å². The van der Waals surface area contributed by atoms with Gasteiger partial charge in [-0.15, -0.1) is 0 Å². The Kier molecular flexibility index (Phi) is 5.35. The minimum absolute atomic E-state index is 0.0734. The first-order chi connectivity index (χ1) is 11.1. The van der Waals surface area contributed by atoms with Crippen molar-refractivity contribution < 1.29 is 24.2 Å². The number of esters is 1. The lowest BCUT2D eigenvalue weighted by molar-refractivity contribution is -0.136. The van der Waals surface area contributed by atoms with Gasteiger partial charge in [0, 0.05) is 18.1 Å². The molecular weight excluding hydrogens is 300 g/mol. The lowest BCUT2D eigenvalue weighted by Crippen LogP contribution is -2.14. The molecule has 1 heterocycles. The summed E-state index contributed by atoms with van der Waals surface area (Å²) >= 11 is 0. The Bertz CT molecular complexity index is 730. The number of methoxy groups -OCH3 is 1. The number of carboxylic acids is 1. The summed E-state index contributed by atoms with van der Waals surface area (Å²) in [6.45, 7) is 2.13. The average Bonchev–Trinajstić information content (AvgIpc) is 2.54. The lowest BCUT2D eigenvalue weighted by Gasteiger charge is -2.14. The Balaban J connectivity index is 2.52. The third-order valence-electron chi connectivity index (χ3n) is 3.22. The number of nitrogens with one attached hydrogen (secondary N) is 1. The number of para-hydroxylation sites is 1. The van der Waals surface area contributed by atoms with E-state index in [0.29, 0.717) is 22.3 Å². The van der Waals surface area contributed by atoms with E-state index in [1.807, 2.05) is 0 Å². The van der Waals surface area contributed by atoms with E-state index < -0.39 is 11.9 Å². The topological polar surface area (TPSA) is 97.8 Å². The van der Waals surface area contributed by atoms with Crippen LogP contribution in [0.5, 0.6) is 5.75 Å². The second-order valence-electron chi connectivity index (χ2n) is 4.69. The number of nitrogens with zero attached hydrogens (tertiary/aromatic N) is 1. The van der Waals surface area contributed by atoms with Gasteiger partial charge in [0.15, 0.2) is 0 Å². The Morgan fingerprint density at radius 1 is 1.35 bits per heavy atom. The molecule has 0 aliphatic carbocycles. The molecule has 0 unspecified atom stereocenters. The highest BCUT2D eigenvalue weighted by molar-refractivity contribution is 6.06. The summed E-state index contributed by atoms with van der Waals surface area (Å²) in [5.74, 6) is -0.868. The number of anilines is 1. The quantitative estimate of drug-likeness (QED) is 0.756. The lowest BCUT2D eigenvalue weighted by atomic mass is 10.1. The fraction of sp³-hybridized carbons (Fsp3) is 0.312. The highest BCUT2D eigenvalue weighted by Gasteiger charge is 2.18. The summed E-state index contributed by atoms with van der Waals surface area (Å²) in [5, 5.41) is 12.5. The number of pyridine rings is 1. The van der Waals surface area contributed by atoms with Crippen molar-refractivity contribution in [2.75, 3.05) is 25.6 Å². The van der Waals surface area contributed by atoms with Gasteiger partial charge < -0.3 is 19.9 Å². The van der Waals surface area contributed by atoms with Gasteiger partial charge in [0.2, 0.25) is 0 Å². The molecule has 2 aromatic rings. The molecule has 0 amide bonds. The number of ether oxygens (including phenoxy) is 2. The van der Waals surface area contributed by atoms with Crippen molar-refractivity contribution in [1.82, 2.24) is 4.98 Å². The van der Waals surface area contributed by atoms with Crippen molar-refractivity contribution in [3.63, 3.8) is 0 Å². The van der Waals surface area contributed by atoms with Crippen LogP contribution in [-0.4, -0.2) is 42.3 Å². The summed E-state index contributed by atoms with van der Waals surface area (Å²) < 4.78 is 10.3. The van der Waals surface area contributed by atoms with Crippen LogP contribution in [0.15, 0.2) is 24.4 Å². The number of carbonyl (C=O) groups is 2. The summed E-state index contributed by atoms with van der Waals surface area (Å²) in [5.41, 5.74) is 1.34. The van der Waals surface area contributed by atoms with Gasteiger partial charge in [0.25, 0.3) is 0 Å². The number of carbonyl (C=O) groups excluding carboxylic acids is 1. The molecule has 1 aromatic heterocycles. The van der Waals surface area contributed by atoms with Crippen molar-refractivity contribution in [3.8, 4) is 5.75 Å². The van der Waals surface area contributed by atoms with Crippen molar-refractivity contribution in [1.29, 1.82) is 0 Å². The minimum atomic E-state index is -0.925. The normalized spacial score (nSPS) is 10.3. The SMILES string of the molecule is CCOC(=O)c1cnc2c(OC)cccc2c1NCCC(=O)O. The third kappa shape index (κ3) is 3.68. The van der Waals surface area contributed by atoms with Gasteiger partial charge in [-0.05, 0) is 13.0 Å². The number of aliphatic carboxylic acids is 1. The largest absolute Gasteiger partial charge is 0.494 e. The Labute approximate surface area is 133 Å². The van der Waals surface area contributed by atoms with E-state index in [9.17, 15) is 9.59 Å². The van der Waals surface area contributed by atoms with Crippen molar-refractivity contribution in [2.24, 2.45) is 0 Å². The summed E-state index contributed by atoms with van der Waals surface area (Å²) in [6.07, 6.45) is 1.34. The van der Waals surface area contributed by atoms with Crippen LogP contribution in [0.1, 0.15) is 23.7 Å². The first-order valence-corrected chi connectivity index (χ1v) is 7.17. The molecule has 1 aromatic carbocycles. The van der Waals surface area contributed by atoms with Crippen LogP contribution in [-0.2, 0) is 9.53 Å². The van der Waals surface area contributed by atoms with Crippen LogP contribution < -0.4 is 10.1 Å². The van der Waals surface area contributed by atoms with Crippen LogP contribution in [0.4, 0.5) is 5.69 Å². The highest BCUT2D eigenvalue weighted by atomic mass is 16.5. The maximum Gasteiger partial charge on any atom is 0.341 e. The number of aromatic nitrogens is 1. The number of hydrogen-bond acceptors (Lipinski definition) is 6. The van der Waals surface area contributed by atoms with Gasteiger partial charge in [-0.2, -0.15) is 0 Å². The smallest absolute Gasteiger partial charge is 0.341 e. The molecule has 2 rings (SSSR count). The van der Waals surface area contributed by atoms with E-state index in [1.54, 1.807) is 25.1 Å². The molecule has 0 bridgehead atoms. The zero-order valence-electron chi connectivity index (χ0n) is 13.0. The van der Waals surface area contributed by atoms with Gasteiger partial charge in [0.05, 0.1) is 25.8 Å². The molecule has 2 N–H and O–H groups in total. The molecule has 0 aliphatic heterocycles. The first-order valence-electron chi connectivity index (χ1n) is 7.17. The molecule has 0 radical (unpaired) electrons. The minimum Gasteiger partial charge on any atom is -0.494 e. The van der Waals surface area contributed by atoms with E-state index >= 15 is 0 Å². The van der Waals surface area contributed by atoms with E-state index in [4.69, 9.17) is 14.6 Å². The predicted molar refractivity (Wildman–Crippen MR) is 85.0 cm³/mol. The van der Waals surface area contributed by atoms with Crippen LogP contribution >= 0.6 is 0 Å². The van der Waals surface area contributed by atoms with E-state index in [1.165, 1.54) is 13.3 Å². The number of hydrogen-bond donors (Lipinski definition) is 2. The van der Waals surface area contributed by atoms with Gasteiger partial charge in [0.1, 0.15) is 16.8 Å². The fourth-order valence-corrected chi connectivity index (χ4v) is 2.21. The second-order valence-corrected chi connectivity index (χ2v) is 4.69. The summed E-state index contributed by atoms with van der Waals surface area (Å²) in [4.78, 5) is 27.1. The van der Waals surface area contributed by atoms with Gasteiger partial charge in [-0.1, -0.05) is 12.1 Å². The highest BCUT2D eigenvalue weighted by Crippen LogP contribution is 2.31. The van der Waals surface area contributed by atoms with Crippen LogP contribution in [0.25, 0.3) is 10.9 Å². The number of carboxylic acid groups (broad SMARTS) is 1. The first kappa shape index (κ1) is 16.5. The molecule has 0 fully saturated rings. The molecule has 0 atom stereocenters. The molecule has 23 heavy (non-hydrogen) atoms. The monoisotopic (exact) mass is 318 g/mol. The molecular formula is C16H18N2O5. The Morgan fingerprint density at radius 2 is 2.13 bits per heavy atom. The average molecular weight is 318 g/mol. The maximum atomic E-state index is 12.1. The zero-order valence-corrected chi connectivity index (χ0v) is 13.0. The third-order valence-corrected chi connectivity index (χ3v) is 3.22. The molecule has 0 saturated heterocycles. The van der Waals surface area contributed by atoms with Crippen LogP contribution in [0, 0.1) is 0 Å². The molecule has 0 aliphatic rings. The molecule has 7 heteroatoms. The number of rotatable bonds is 7. The molecule has 0 saturated carbocycles. The second kappa shape index (κ2) is 7.44. The molecule has 0 spiro atoms. The van der Waals surface area contributed by atoms with E-state index in [0.717, 1.165) is 0 Å². The number of benzene rings is 1. The van der Waals surface area contributed by atoms with Crippen molar-refractivity contribution in [2.45, 2.75) is 13.3 Å². The summed E-state index contributed by atoms with van der Waals surface area (Å²) in [6, 6.07) is 5.33. The fourth-order valence-electron chi connectivity index (χ4n) is 2.21. The number of fused-ring (bicyclic) bond motifs is 1. The van der Waals surface area contributed by atoms with Gasteiger partial charge in [-0.25, -0.2) is 4.79 Å². The maximum absolute atomic E-state index is 12.1. The Morgan fingerprint density at radius 3 is 2.78 bits per heavy atom. The molecule has 7 nitrogen and oxygen atoms in total. The summed E-state index contributed by atoms with van der Waals surface area (Å²) in [7, 11) is 1.53. The standard InChI is InChI=1S/C16H18N2O5/c1-3-23-16(21)11-9-18-15-10(5-4-6-12(15)22-2)14(11)17-8-7-13(19)20/h4-6,9H,3,7-8H2,1-2H3,(H,17,18)(H,19,20). The zero-order chi connectivity index (χ0) is 16.8. The van der Waals surface area contributed by atoms with Gasteiger partial charge >= 0.3 is 11.9 Å². The Hall–Kier alpha value is -2.83. The van der Waals surface area contributed by atoms with E-state index in [2.05, 4.69) is 10.3 Å². The van der Waals surface area contributed by atoms with Gasteiger partial charge in [-0.3, -0.25) is 9.78 Å².